The first kappa shape index (κ1) is 18.0. The van der Waals surface area contributed by atoms with Crippen molar-refractivity contribution in [3.63, 3.8) is 0 Å². The van der Waals surface area contributed by atoms with Gasteiger partial charge in [0.15, 0.2) is 5.16 Å². The number of fused-ring (bicyclic) bond motifs is 1. The second-order valence-corrected chi connectivity index (χ2v) is 8.79. The highest BCUT2D eigenvalue weighted by molar-refractivity contribution is 7.99. The molecule has 2 fully saturated rings. The van der Waals surface area contributed by atoms with E-state index in [9.17, 15) is 9.59 Å². The largest absolute Gasteiger partial charge is 0.340 e. The third-order valence-electron chi connectivity index (χ3n) is 6.06. The molecular formula is C19H28N4O2S. The molecule has 1 atom stereocenters. The summed E-state index contributed by atoms with van der Waals surface area (Å²) in [5, 5.41) is 0.742. The molecule has 0 N–H and O–H groups in total. The quantitative estimate of drug-likeness (QED) is 0.736. The summed E-state index contributed by atoms with van der Waals surface area (Å²) in [5.74, 6) is 0.812. The van der Waals surface area contributed by atoms with Gasteiger partial charge in [-0.25, -0.2) is 4.98 Å². The van der Waals surface area contributed by atoms with E-state index in [-0.39, 0.29) is 17.4 Å². The number of aryl methyl sites for hydroxylation is 1. The number of hydrogen-bond donors (Lipinski definition) is 0. The van der Waals surface area contributed by atoms with Gasteiger partial charge in [0.2, 0.25) is 5.91 Å². The number of thioether (sulfide) groups is 1. The zero-order valence-electron chi connectivity index (χ0n) is 15.5. The Morgan fingerprint density at radius 1 is 1.15 bits per heavy atom. The van der Waals surface area contributed by atoms with Crippen LogP contribution in [0.4, 0.5) is 0 Å². The number of carbonyl (C=O) groups excluding carboxylic acids is 1. The molecule has 6 nitrogen and oxygen atoms in total. The number of carbonyl (C=O) groups is 1. The van der Waals surface area contributed by atoms with E-state index in [1.165, 1.54) is 43.9 Å². The van der Waals surface area contributed by atoms with Gasteiger partial charge in [-0.3, -0.25) is 19.1 Å². The second kappa shape index (κ2) is 7.72. The van der Waals surface area contributed by atoms with Crippen molar-refractivity contribution in [2.75, 3.05) is 31.9 Å². The first-order chi connectivity index (χ1) is 12.6. The Morgan fingerprint density at radius 2 is 1.88 bits per heavy atom. The van der Waals surface area contributed by atoms with Crippen LogP contribution in [0.2, 0.25) is 0 Å². The molecule has 1 saturated heterocycles. The first-order valence-electron chi connectivity index (χ1n) is 9.85. The molecule has 4 rings (SSSR count). The highest BCUT2D eigenvalue weighted by Gasteiger charge is 2.33. The molecule has 0 unspecified atom stereocenters. The molecule has 0 radical (unpaired) electrons. The lowest BCUT2D eigenvalue weighted by atomic mass is 9.94. The molecule has 26 heavy (non-hydrogen) atoms. The van der Waals surface area contributed by atoms with Gasteiger partial charge >= 0.3 is 0 Å². The Labute approximate surface area is 159 Å². The minimum Gasteiger partial charge on any atom is -0.340 e. The van der Waals surface area contributed by atoms with Gasteiger partial charge in [0.05, 0.1) is 5.92 Å². The SMILES string of the molecule is Cc1cnc2n(c1=O)C[C@@H](C(=O)N1CCN(C3CCCCC3)CC1)CS2. The average molecular weight is 377 g/mol. The van der Waals surface area contributed by atoms with E-state index in [0.717, 1.165) is 43.1 Å². The smallest absolute Gasteiger partial charge is 0.257 e. The van der Waals surface area contributed by atoms with Crippen LogP contribution in [0.25, 0.3) is 0 Å². The summed E-state index contributed by atoms with van der Waals surface area (Å²) in [6, 6.07) is 0.728. The number of rotatable bonds is 2. The van der Waals surface area contributed by atoms with E-state index in [4.69, 9.17) is 0 Å². The number of piperazine rings is 1. The molecule has 1 amide bonds. The van der Waals surface area contributed by atoms with Crippen molar-refractivity contribution >= 4 is 17.7 Å². The third-order valence-corrected chi connectivity index (χ3v) is 7.22. The van der Waals surface area contributed by atoms with Crippen LogP contribution in [0.1, 0.15) is 37.7 Å². The van der Waals surface area contributed by atoms with Crippen molar-refractivity contribution in [1.29, 1.82) is 0 Å². The fourth-order valence-electron chi connectivity index (χ4n) is 4.46. The molecule has 1 aliphatic carbocycles. The molecule has 1 saturated carbocycles. The van der Waals surface area contributed by atoms with E-state index in [2.05, 4.69) is 9.88 Å². The predicted molar refractivity (Wildman–Crippen MR) is 102 cm³/mol. The maximum absolute atomic E-state index is 13.0. The van der Waals surface area contributed by atoms with E-state index in [1.54, 1.807) is 17.7 Å². The Morgan fingerprint density at radius 3 is 2.62 bits per heavy atom. The van der Waals surface area contributed by atoms with Crippen molar-refractivity contribution in [3.8, 4) is 0 Å². The first-order valence-corrected chi connectivity index (χ1v) is 10.8. The molecule has 1 aromatic heterocycles. The van der Waals surface area contributed by atoms with Crippen LogP contribution < -0.4 is 5.56 Å². The minimum absolute atomic E-state index is 0.0119. The van der Waals surface area contributed by atoms with Crippen LogP contribution in [0.15, 0.2) is 16.1 Å². The summed E-state index contributed by atoms with van der Waals surface area (Å²) in [6.07, 6.45) is 8.35. The fraction of sp³-hybridized carbons (Fsp3) is 0.737. The van der Waals surface area contributed by atoms with Crippen LogP contribution in [-0.2, 0) is 11.3 Å². The number of aromatic nitrogens is 2. The van der Waals surface area contributed by atoms with Gasteiger partial charge in [-0.2, -0.15) is 0 Å². The number of amides is 1. The van der Waals surface area contributed by atoms with E-state index in [1.807, 2.05) is 4.90 Å². The lowest BCUT2D eigenvalue weighted by Crippen LogP contribution is -2.54. The summed E-state index contributed by atoms with van der Waals surface area (Å²) in [4.78, 5) is 34.3. The topological polar surface area (TPSA) is 58.4 Å². The lowest BCUT2D eigenvalue weighted by Gasteiger charge is -2.41. The summed E-state index contributed by atoms with van der Waals surface area (Å²) in [7, 11) is 0. The minimum atomic E-state index is -0.116. The zero-order valence-corrected chi connectivity index (χ0v) is 16.3. The van der Waals surface area contributed by atoms with Gasteiger partial charge in [0.25, 0.3) is 5.56 Å². The predicted octanol–water partition coefficient (Wildman–Crippen LogP) is 1.75. The van der Waals surface area contributed by atoms with Gasteiger partial charge < -0.3 is 4.90 Å². The highest BCUT2D eigenvalue weighted by atomic mass is 32.2. The number of hydrogen-bond acceptors (Lipinski definition) is 5. The lowest BCUT2D eigenvalue weighted by molar-refractivity contribution is -0.137. The van der Waals surface area contributed by atoms with Crippen molar-refractivity contribution in [2.45, 2.75) is 56.8 Å². The summed E-state index contributed by atoms with van der Waals surface area (Å²) < 4.78 is 1.68. The summed E-state index contributed by atoms with van der Waals surface area (Å²) >= 11 is 1.53. The zero-order chi connectivity index (χ0) is 18.1. The Kier molecular flexibility index (Phi) is 5.36. The Bertz CT molecular complexity index is 721. The molecule has 1 aromatic rings. The van der Waals surface area contributed by atoms with Crippen LogP contribution in [-0.4, -0.2) is 63.2 Å². The van der Waals surface area contributed by atoms with Crippen molar-refractivity contribution in [1.82, 2.24) is 19.4 Å². The normalized spacial score (nSPS) is 25.1. The van der Waals surface area contributed by atoms with E-state index in [0.29, 0.717) is 12.1 Å². The van der Waals surface area contributed by atoms with Gasteiger partial charge in [0.1, 0.15) is 0 Å². The molecule has 2 aliphatic heterocycles. The van der Waals surface area contributed by atoms with Crippen molar-refractivity contribution in [3.05, 3.63) is 22.1 Å². The maximum atomic E-state index is 13.0. The van der Waals surface area contributed by atoms with E-state index >= 15 is 0 Å². The van der Waals surface area contributed by atoms with Crippen LogP contribution >= 0.6 is 11.8 Å². The maximum Gasteiger partial charge on any atom is 0.257 e. The summed E-state index contributed by atoms with van der Waals surface area (Å²) in [5.41, 5.74) is 0.630. The molecule has 7 heteroatoms. The van der Waals surface area contributed by atoms with Gasteiger partial charge in [0, 0.05) is 56.3 Å². The summed E-state index contributed by atoms with van der Waals surface area (Å²) in [6.45, 7) is 5.89. The molecule has 142 valence electrons. The molecule has 3 aliphatic rings. The van der Waals surface area contributed by atoms with Crippen LogP contribution in [0.3, 0.4) is 0 Å². The second-order valence-electron chi connectivity index (χ2n) is 7.80. The fourth-order valence-corrected chi connectivity index (χ4v) is 5.50. The Balaban J connectivity index is 1.37. The number of nitrogens with zero attached hydrogens (tertiary/aromatic N) is 4. The molecular weight excluding hydrogens is 348 g/mol. The van der Waals surface area contributed by atoms with Gasteiger partial charge in [-0.15, -0.1) is 0 Å². The molecule has 0 bridgehead atoms. The monoisotopic (exact) mass is 376 g/mol. The van der Waals surface area contributed by atoms with Crippen molar-refractivity contribution in [2.24, 2.45) is 5.92 Å². The van der Waals surface area contributed by atoms with E-state index < -0.39 is 0 Å². The molecule has 0 aromatic carbocycles. The average Bonchev–Trinajstić information content (AvgIpc) is 2.71. The van der Waals surface area contributed by atoms with Gasteiger partial charge in [-0.05, 0) is 19.8 Å². The highest BCUT2D eigenvalue weighted by Crippen LogP contribution is 2.27. The van der Waals surface area contributed by atoms with Crippen LogP contribution in [0.5, 0.6) is 0 Å². The molecule has 0 spiro atoms. The third kappa shape index (κ3) is 3.56. The van der Waals surface area contributed by atoms with Gasteiger partial charge in [-0.1, -0.05) is 31.0 Å². The van der Waals surface area contributed by atoms with Crippen LogP contribution in [0, 0.1) is 12.8 Å². The van der Waals surface area contributed by atoms with Crippen molar-refractivity contribution < 1.29 is 4.79 Å². The molecule has 3 heterocycles. The standard InChI is InChI=1S/C19H28N4O2S/c1-14-11-20-19-23(17(14)24)12-15(13-26-19)18(25)22-9-7-21(8-10-22)16-5-3-2-4-6-16/h11,15-16H,2-10,12-13H2,1H3/t15-/m1/s1. The Hall–Kier alpha value is -1.34.